The molecule has 0 aromatic heterocycles. The Kier molecular flexibility index (Phi) is 5.91. The Hall–Kier alpha value is -2.37. The minimum absolute atomic E-state index is 0.0884. The predicted molar refractivity (Wildman–Crippen MR) is 96.8 cm³/mol. The van der Waals surface area contributed by atoms with Gasteiger partial charge in [0.25, 0.3) is 5.91 Å². The number of esters is 1. The van der Waals surface area contributed by atoms with E-state index in [-0.39, 0.29) is 6.04 Å². The molecular weight excluding hydrogens is 332 g/mol. The van der Waals surface area contributed by atoms with Crippen LogP contribution in [0.2, 0.25) is 0 Å². The number of fused-ring (bicyclic) bond motifs is 1. The van der Waals surface area contributed by atoms with Crippen LogP contribution in [0.5, 0.6) is 0 Å². The zero-order chi connectivity index (χ0) is 18.5. The number of rotatable bonds is 4. The van der Waals surface area contributed by atoms with Crippen molar-refractivity contribution < 1.29 is 19.1 Å². The second-order valence-electron chi connectivity index (χ2n) is 7.30. The summed E-state index contributed by atoms with van der Waals surface area (Å²) in [5, 5.41) is 5.07. The predicted octanol–water partition coefficient (Wildman–Crippen LogP) is 2.74. The molecular formula is C20H26N2O4. The average Bonchev–Trinajstić information content (AvgIpc) is 3.09. The van der Waals surface area contributed by atoms with Crippen LogP contribution >= 0.6 is 0 Å². The molecule has 0 spiro atoms. The van der Waals surface area contributed by atoms with E-state index in [4.69, 9.17) is 4.74 Å². The van der Waals surface area contributed by atoms with Crippen molar-refractivity contribution in [3.63, 3.8) is 0 Å². The third-order valence-electron chi connectivity index (χ3n) is 5.35. The highest BCUT2D eigenvalue weighted by Crippen LogP contribution is 2.24. The van der Waals surface area contributed by atoms with Crippen LogP contribution in [0.15, 0.2) is 18.2 Å². The number of hydrogen-bond acceptors (Lipinski definition) is 4. The van der Waals surface area contributed by atoms with Crippen LogP contribution < -0.4 is 10.6 Å². The summed E-state index contributed by atoms with van der Waals surface area (Å²) in [5.41, 5.74) is 2.89. The van der Waals surface area contributed by atoms with E-state index in [9.17, 15) is 14.4 Å². The normalized spacial score (nSPS) is 21.6. The lowest BCUT2D eigenvalue weighted by molar-refractivity contribution is -0.123. The molecule has 2 N–H and O–H groups in total. The first-order valence-electron chi connectivity index (χ1n) is 9.42. The van der Waals surface area contributed by atoms with Gasteiger partial charge in [-0.05, 0) is 61.3 Å². The Bertz CT molecular complexity index is 701. The molecule has 140 valence electrons. The Morgan fingerprint density at radius 2 is 1.85 bits per heavy atom. The van der Waals surface area contributed by atoms with Crippen molar-refractivity contribution in [3.05, 3.63) is 34.9 Å². The number of imide groups is 1. The number of carbonyl (C=O) groups is 3. The third-order valence-corrected chi connectivity index (χ3v) is 5.35. The molecule has 1 fully saturated rings. The Morgan fingerprint density at radius 1 is 1.08 bits per heavy atom. The van der Waals surface area contributed by atoms with Crippen molar-refractivity contribution in [1.82, 2.24) is 10.6 Å². The Labute approximate surface area is 153 Å². The molecule has 2 aliphatic carbocycles. The van der Waals surface area contributed by atoms with Gasteiger partial charge in [-0.15, -0.1) is 0 Å². The van der Waals surface area contributed by atoms with E-state index in [0.29, 0.717) is 11.5 Å². The molecule has 0 bridgehead atoms. The average molecular weight is 358 g/mol. The van der Waals surface area contributed by atoms with Gasteiger partial charge in [-0.3, -0.25) is 10.1 Å². The first kappa shape index (κ1) is 18.4. The number of amides is 3. The molecule has 6 heteroatoms. The fourth-order valence-electron chi connectivity index (χ4n) is 3.81. The minimum Gasteiger partial charge on any atom is -0.452 e. The standard InChI is InChI=1S/C20H26N2O4/c1-13-5-2-3-8-17(13)21-20(25)22-18(23)12-26-19(24)16-10-9-14-6-4-7-15(14)11-16/h9-11,13,17H,2-8,12H2,1H3,(H2,21,22,23,25)/t13-,17-/m0/s1. The number of benzene rings is 1. The van der Waals surface area contributed by atoms with E-state index in [0.717, 1.165) is 38.5 Å². The van der Waals surface area contributed by atoms with Crippen molar-refractivity contribution in [3.8, 4) is 0 Å². The van der Waals surface area contributed by atoms with Crippen molar-refractivity contribution >= 4 is 17.9 Å². The van der Waals surface area contributed by atoms with Crippen molar-refractivity contribution in [1.29, 1.82) is 0 Å². The first-order valence-corrected chi connectivity index (χ1v) is 9.42. The van der Waals surface area contributed by atoms with Gasteiger partial charge in [0.05, 0.1) is 5.56 Å². The summed E-state index contributed by atoms with van der Waals surface area (Å²) in [5.74, 6) is -0.765. The first-order chi connectivity index (χ1) is 12.5. The van der Waals surface area contributed by atoms with E-state index >= 15 is 0 Å². The molecule has 2 atom stereocenters. The van der Waals surface area contributed by atoms with E-state index in [1.165, 1.54) is 17.5 Å². The van der Waals surface area contributed by atoms with Gasteiger partial charge < -0.3 is 10.1 Å². The molecule has 2 aliphatic rings. The number of urea groups is 1. The molecule has 1 aromatic rings. The fraction of sp³-hybridized carbons (Fsp3) is 0.550. The van der Waals surface area contributed by atoms with Gasteiger partial charge in [-0.25, -0.2) is 9.59 Å². The van der Waals surface area contributed by atoms with Crippen LogP contribution in [0.4, 0.5) is 4.79 Å². The van der Waals surface area contributed by atoms with Crippen LogP contribution in [0.25, 0.3) is 0 Å². The maximum atomic E-state index is 12.1. The molecule has 0 radical (unpaired) electrons. The second-order valence-corrected chi connectivity index (χ2v) is 7.30. The highest BCUT2D eigenvalue weighted by molar-refractivity contribution is 5.97. The Balaban J connectivity index is 1.43. The molecule has 3 amide bonds. The monoisotopic (exact) mass is 358 g/mol. The topological polar surface area (TPSA) is 84.5 Å². The van der Waals surface area contributed by atoms with Gasteiger partial charge in [0.15, 0.2) is 6.61 Å². The number of ether oxygens (including phenoxy) is 1. The SMILES string of the molecule is C[C@H]1CCCC[C@@H]1NC(=O)NC(=O)COC(=O)c1ccc2c(c1)CCC2. The molecule has 0 aliphatic heterocycles. The molecule has 26 heavy (non-hydrogen) atoms. The van der Waals surface area contributed by atoms with Crippen molar-refractivity contribution in [2.45, 2.75) is 57.9 Å². The lowest BCUT2D eigenvalue weighted by atomic mass is 9.86. The maximum absolute atomic E-state index is 12.1. The van der Waals surface area contributed by atoms with Crippen LogP contribution in [-0.2, 0) is 22.4 Å². The maximum Gasteiger partial charge on any atom is 0.338 e. The van der Waals surface area contributed by atoms with Gasteiger partial charge in [0, 0.05) is 6.04 Å². The van der Waals surface area contributed by atoms with Crippen LogP contribution in [-0.4, -0.2) is 30.6 Å². The van der Waals surface area contributed by atoms with E-state index in [1.807, 2.05) is 12.1 Å². The smallest absolute Gasteiger partial charge is 0.338 e. The van der Waals surface area contributed by atoms with Crippen molar-refractivity contribution in [2.24, 2.45) is 5.92 Å². The number of hydrogen-bond donors (Lipinski definition) is 2. The molecule has 3 rings (SSSR count). The zero-order valence-electron chi connectivity index (χ0n) is 15.2. The summed E-state index contributed by atoms with van der Waals surface area (Å²) >= 11 is 0. The number of carbonyl (C=O) groups excluding carboxylic acids is 3. The highest BCUT2D eigenvalue weighted by Gasteiger charge is 2.23. The quantitative estimate of drug-likeness (QED) is 0.811. The molecule has 6 nitrogen and oxygen atoms in total. The van der Waals surface area contributed by atoms with Crippen LogP contribution in [0.3, 0.4) is 0 Å². The van der Waals surface area contributed by atoms with Gasteiger partial charge in [0.1, 0.15) is 0 Å². The van der Waals surface area contributed by atoms with Crippen LogP contribution in [0, 0.1) is 5.92 Å². The van der Waals surface area contributed by atoms with Gasteiger partial charge >= 0.3 is 12.0 Å². The summed E-state index contributed by atoms with van der Waals surface area (Å²) in [7, 11) is 0. The minimum atomic E-state index is -0.625. The van der Waals surface area contributed by atoms with E-state index in [1.54, 1.807) is 6.07 Å². The summed E-state index contributed by atoms with van der Waals surface area (Å²) in [6.07, 6.45) is 7.39. The summed E-state index contributed by atoms with van der Waals surface area (Å²) in [6.45, 7) is 1.63. The second kappa shape index (κ2) is 8.34. The molecule has 0 unspecified atom stereocenters. The lowest BCUT2D eigenvalue weighted by Gasteiger charge is -2.29. The highest BCUT2D eigenvalue weighted by atomic mass is 16.5. The molecule has 1 aromatic carbocycles. The summed E-state index contributed by atoms with van der Waals surface area (Å²) in [4.78, 5) is 35.9. The van der Waals surface area contributed by atoms with Crippen LogP contribution in [0.1, 0.15) is 60.5 Å². The Morgan fingerprint density at radius 3 is 2.65 bits per heavy atom. The molecule has 0 saturated heterocycles. The number of aryl methyl sites for hydroxylation is 2. The van der Waals surface area contributed by atoms with E-state index in [2.05, 4.69) is 17.6 Å². The van der Waals surface area contributed by atoms with Gasteiger partial charge in [0.2, 0.25) is 0 Å². The van der Waals surface area contributed by atoms with Crippen molar-refractivity contribution in [2.75, 3.05) is 6.61 Å². The van der Waals surface area contributed by atoms with E-state index < -0.39 is 24.5 Å². The zero-order valence-corrected chi connectivity index (χ0v) is 15.2. The largest absolute Gasteiger partial charge is 0.452 e. The van der Waals surface area contributed by atoms with Gasteiger partial charge in [-0.2, -0.15) is 0 Å². The summed E-state index contributed by atoms with van der Waals surface area (Å²) < 4.78 is 5.03. The van der Waals surface area contributed by atoms with Gasteiger partial charge in [-0.1, -0.05) is 25.8 Å². The molecule has 1 saturated carbocycles. The fourth-order valence-corrected chi connectivity index (χ4v) is 3.81. The third kappa shape index (κ3) is 4.62. The lowest BCUT2D eigenvalue weighted by Crippen LogP contribution is -2.48. The molecule has 0 heterocycles. The number of nitrogens with one attached hydrogen (secondary N) is 2. The summed E-state index contributed by atoms with van der Waals surface area (Å²) in [6, 6.07) is 5.06.